The van der Waals surface area contributed by atoms with Crippen molar-refractivity contribution in [3.8, 4) is 22.3 Å². The molecule has 0 saturated heterocycles. The van der Waals surface area contributed by atoms with Gasteiger partial charge in [-0.1, -0.05) is 98.8 Å². The standard InChI is InChI=1S/2C16H13.C13H10.2ClH.Ti/c2*1-12-7-8-14-9-10-15(11-16(12)14)13-5-3-2-4-6-13;1-3-7-12(8-4-1)11-13-9-5-2-6-10-13;;;/h2*2-11H,1H3;1-10H;2*1H;/q2*-1;;;;+2/p-2. The third kappa shape index (κ3) is 8.98. The van der Waals surface area contributed by atoms with Crippen molar-refractivity contribution in [1.29, 1.82) is 0 Å². The molecule has 0 fully saturated rings. The van der Waals surface area contributed by atoms with E-state index in [1.54, 1.807) is 0 Å². The summed E-state index contributed by atoms with van der Waals surface area (Å²) < 4.78 is 1.33. The molecule has 8 rings (SSSR count). The molecule has 0 aliphatic carbocycles. The molecule has 0 heterocycles. The van der Waals surface area contributed by atoms with Crippen LogP contribution in [0.15, 0.2) is 182 Å². The number of hydrogen-bond donors (Lipinski definition) is 0. The molecular weight excluding hydrogens is 659 g/mol. The van der Waals surface area contributed by atoms with E-state index in [-0.39, 0.29) is 24.8 Å². The molecule has 8 aromatic rings. The third-order valence-electron chi connectivity index (χ3n) is 8.32. The Morgan fingerprint density at radius 2 is 0.750 bits per heavy atom. The molecule has 236 valence electrons. The number of halogens is 2. The first-order valence-electron chi connectivity index (χ1n) is 15.7. The van der Waals surface area contributed by atoms with Gasteiger partial charge in [0.1, 0.15) is 0 Å². The molecule has 0 aliphatic heterocycles. The van der Waals surface area contributed by atoms with Crippen molar-refractivity contribution in [2.45, 2.75) is 13.8 Å². The van der Waals surface area contributed by atoms with Gasteiger partial charge in [0.15, 0.2) is 0 Å². The quantitative estimate of drug-likeness (QED) is 0.160. The van der Waals surface area contributed by atoms with E-state index in [9.17, 15) is 0 Å². The summed E-state index contributed by atoms with van der Waals surface area (Å²) in [6.07, 6.45) is 0. The average Bonchev–Trinajstić information content (AvgIpc) is 3.70. The summed E-state index contributed by atoms with van der Waals surface area (Å²) in [5, 5.41) is 5.39. The predicted molar refractivity (Wildman–Crippen MR) is 196 cm³/mol. The number of benzene rings is 6. The molecule has 0 spiro atoms. The van der Waals surface area contributed by atoms with Gasteiger partial charge in [-0.15, -0.1) is 45.8 Å². The molecule has 0 aliphatic rings. The molecule has 0 saturated carbocycles. The Kier molecular flexibility index (Phi) is 13.5. The summed E-state index contributed by atoms with van der Waals surface area (Å²) in [6, 6.07) is 64.0. The van der Waals surface area contributed by atoms with Gasteiger partial charge >= 0.3 is 95.6 Å². The van der Waals surface area contributed by atoms with Gasteiger partial charge in [0.2, 0.25) is 0 Å². The van der Waals surface area contributed by atoms with Crippen LogP contribution in [0.4, 0.5) is 0 Å². The van der Waals surface area contributed by atoms with Crippen molar-refractivity contribution in [2.75, 3.05) is 0 Å². The van der Waals surface area contributed by atoms with E-state index in [0.29, 0.717) is 0 Å². The maximum absolute atomic E-state index is 2.28. The number of rotatable bonds is 4. The SMILES string of the molecule is Cc1c[cH-]c2ccc(-c3ccccc3)cc12.Cc1c[cH-]c2ccc(-c3ccccc3)cc12.[Cl-].[Cl-].[Ti+2]=[C](c1ccccc1)c1ccccc1. The van der Waals surface area contributed by atoms with Crippen molar-refractivity contribution in [2.24, 2.45) is 0 Å². The minimum absolute atomic E-state index is 0. The summed E-state index contributed by atoms with van der Waals surface area (Å²) in [6.45, 7) is 4.33. The zero-order valence-electron chi connectivity index (χ0n) is 27.1. The average molecular weight is 696 g/mol. The Hall–Kier alpha value is -4.30. The Labute approximate surface area is 308 Å². The summed E-state index contributed by atoms with van der Waals surface area (Å²) in [7, 11) is 0. The Morgan fingerprint density at radius 3 is 1.10 bits per heavy atom. The molecule has 48 heavy (non-hydrogen) atoms. The molecule has 0 unspecified atom stereocenters. The van der Waals surface area contributed by atoms with Crippen LogP contribution in [0.3, 0.4) is 0 Å². The summed E-state index contributed by atoms with van der Waals surface area (Å²) in [5.41, 5.74) is 10.4. The van der Waals surface area contributed by atoms with Gasteiger partial charge in [0.05, 0.1) is 0 Å². The van der Waals surface area contributed by atoms with Crippen LogP contribution in [0.2, 0.25) is 0 Å². The van der Waals surface area contributed by atoms with Crippen LogP contribution >= 0.6 is 0 Å². The molecule has 0 aromatic heterocycles. The first-order chi connectivity index (χ1) is 22.6. The second-order valence-corrected chi connectivity index (χ2v) is 12.3. The van der Waals surface area contributed by atoms with Gasteiger partial charge < -0.3 is 24.8 Å². The van der Waals surface area contributed by atoms with Crippen molar-refractivity contribution < 1.29 is 44.8 Å². The van der Waals surface area contributed by atoms with Crippen LogP contribution in [-0.4, -0.2) is 3.81 Å². The topological polar surface area (TPSA) is 0 Å². The van der Waals surface area contributed by atoms with Gasteiger partial charge in [-0.2, -0.15) is 23.3 Å². The Morgan fingerprint density at radius 1 is 0.417 bits per heavy atom. The molecule has 0 N–H and O–H groups in total. The maximum atomic E-state index is 2.28. The fourth-order valence-corrected chi connectivity index (χ4v) is 6.21. The fraction of sp³-hybridized carbons (Fsp3) is 0.0444. The van der Waals surface area contributed by atoms with Crippen LogP contribution in [0.1, 0.15) is 22.3 Å². The zero-order chi connectivity index (χ0) is 31.7. The molecule has 0 bridgehead atoms. The van der Waals surface area contributed by atoms with Gasteiger partial charge in [0.25, 0.3) is 0 Å². The summed E-state index contributed by atoms with van der Waals surface area (Å²) in [4.78, 5) is 0. The minimum atomic E-state index is 0. The van der Waals surface area contributed by atoms with E-state index >= 15 is 0 Å². The van der Waals surface area contributed by atoms with Crippen molar-refractivity contribution in [3.05, 3.63) is 204 Å². The fourth-order valence-electron chi connectivity index (χ4n) is 5.69. The van der Waals surface area contributed by atoms with Crippen molar-refractivity contribution in [3.63, 3.8) is 0 Å². The first kappa shape index (κ1) is 36.5. The molecule has 8 aromatic carbocycles. The Bertz CT molecular complexity index is 2000. The zero-order valence-corrected chi connectivity index (χ0v) is 30.1. The monoisotopic (exact) mass is 694 g/mol. The second-order valence-electron chi connectivity index (χ2n) is 11.5. The van der Waals surface area contributed by atoms with Crippen molar-refractivity contribution in [1.82, 2.24) is 0 Å². The first-order valence-corrected chi connectivity index (χ1v) is 16.5. The number of hydrogen-bond acceptors (Lipinski definition) is 0. The van der Waals surface area contributed by atoms with Gasteiger partial charge in [-0.3, -0.25) is 0 Å². The molecule has 0 nitrogen and oxygen atoms in total. The van der Waals surface area contributed by atoms with E-state index in [2.05, 4.69) is 204 Å². The van der Waals surface area contributed by atoms with Gasteiger partial charge in [0, 0.05) is 0 Å². The van der Waals surface area contributed by atoms with Crippen LogP contribution in [0.25, 0.3) is 43.8 Å². The van der Waals surface area contributed by atoms with E-state index in [4.69, 9.17) is 0 Å². The molecule has 3 heteroatoms. The van der Waals surface area contributed by atoms with E-state index in [1.807, 2.05) is 12.1 Å². The van der Waals surface area contributed by atoms with Crippen LogP contribution in [-0.2, 0) is 20.0 Å². The van der Waals surface area contributed by atoms with Crippen molar-refractivity contribution >= 4 is 25.4 Å². The van der Waals surface area contributed by atoms with E-state index in [0.717, 1.165) is 0 Å². The summed E-state index contributed by atoms with van der Waals surface area (Å²) >= 11 is 2.16. The van der Waals surface area contributed by atoms with Crippen LogP contribution in [0.5, 0.6) is 0 Å². The molecule has 0 atom stereocenters. The van der Waals surface area contributed by atoms with E-state index in [1.165, 1.54) is 69.9 Å². The van der Waals surface area contributed by atoms with E-state index < -0.39 is 0 Å². The van der Waals surface area contributed by atoms with Gasteiger partial charge in [-0.05, 0) is 22.3 Å². The Balaban J connectivity index is 0.000000160. The molecular formula is C45H36Cl2Ti-2. The third-order valence-corrected chi connectivity index (χ3v) is 9.22. The molecule has 0 radical (unpaired) electrons. The predicted octanol–water partition coefficient (Wildman–Crippen LogP) is 5.88. The van der Waals surface area contributed by atoms with Gasteiger partial charge in [-0.25, -0.2) is 0 Å². The number of fused-ring (bicyclic) bond motifs is 2. The number of aryl methyl sites for hydroxylation is 2. The molecule has 0 amide bonds. The van der Waals surface area contributed by atoms with Crippen LogP contribution < -0.4 is 24.8 Å². The normalized spacial score (nSPS) is 10.1. The van der Waals surface area contributed by atoms with Crippen LogP contribution in [0, 0.1) is 13.8 Å². The second kappa shape index (κ2) is 17.7. The summed E-state index contributed by atoms with van der Waals surface area (Å²) in [5.74, 6) is 0.